The van der Waals surface area contributed by atoms with Gasteiger partial charge in [0.15, 0.2) is 12.4 Å². The van der Waals surface area contributed by atoms with Crippen LogP contribution in [0, 0.1) is 0 Å². The standard InChI is InChI=1S/C22H22N4O3/c1-25-14-19(16-6-3-2-4-7-16)22(24-25)23-20(27)15-29-18-11-9-17(10-12-18)26-13-5-8-21(26)28/h2-4,6-7,9-12,14H,5,8,13,15H2,1H3,(H,23,24,27). The second kappa shape index (κ2) is 8.18. The minimum Gasteiger partial charge on any atom is -0.484 e. The van der Waals surface area contributed by atoms with Crippen LogP contribution in [0.5, 0.6) is 5.75 Å². The van der Waals surface area contributed by atoms with Gasteiger partial charge in [0.1, 0.15) is 5.75 Å². The molecule has 7 heteroatoms. The number of carbonyl (C=O) groups is 2. The van der Waals surface area contributed by atoms with Gasteiger partial charge in [-0.05, 0) is 36.2 Å². The molecule has 1 N–H and O–H groups in total. The van der Waals surface area contributed by atoms with Crippen LogP contribution in [0.2, 0.25) is 0 Å². The third kappa shape index (κ3) is 4.29. The van der Waals surface area contributed by atoms with E-state index in [0.29, 0.717) is 18.0 Å². The summed E-state index contributed by atoms with van der Waals surface area (Å²) >= 11 is 0. The number of anilines is 2. The second-order valence-electron chi connectivity index (χ2n) is 6.91. The Morgan fingerprint density at radius 1 is 1.14 bits per heavy atom. The molecule has 1 aliphatic heterocycles. The van der Waals surface area contributed by atoms with E-state index in [-0.39, 0.29) is 18.4 Å². The molecule has 148 valence electrons. The largest absolute Gasteiger partial charge is 0.484 e. The topological polar surface area (TPSA) is 76.5 Å². The van der Waals surface area contributed by atoms with Crippen LogP contribution in [-0.2, 0) is 16.6 Å². The predicted molar refractivity (Wildman–Crippen MR) is 111 cm³/mol. The molecule has 1 aromatic heterocycles. The molecule has 3 aromatic rings. The maximum atomic E-state index is 12.4. The number of amides is 2. The Hall–Kier alpha value is -3.61. The number of ether oxygens (including phenoxy) is 1. The molecule has 0 atom stereocenters. The molecular weight excluding hydrogens is 368 g/mol. The van der Waals surface area contributed by atoms with Crippen molar-refractivity contribution in [3.05, 3.63) is 60.8 Å². The number of carbonyl (C=O) groups excluding carboxylic acids is 2. The minimum atomic E-state index is -0.292. The smallest absolute Gasteiger partial charge is 0.263 e. The van der Waals surface area contributed by atoms with Crippen LogP contribution in [0.4, 0.5) is 11.5 Å². The van der Waals surface area contributed by atoms with Gasteiger partial charge in [-0.25, -0.2) is 0 Å². The lowest BCUT2D eigenvalue weighted by molar-refractivity contribution is -0.118. The fourth-order valence-corrected chi connectivity index (χ4v) is 3.37. The molecule has 0 spiro atoms. The van der Waals surface area contributed by atoms with Gasteiger partial charge in [-0.2, -0.15) is 5.10 Å². The van der Waals surface area contributed by atoms with Gasteiger partial charge in [0.05, 0.1) is 0 Å². The molecule has 4 rings (SSSR count). The number of nitrogens with zero attached hydrogens (tertiary/aromatic N) is 3. The Morgan fingerprint density at radius 2 is 1.90 bits per heavy atom. The number of aromatic nitrogens is 2. The first-order valence-electron chi connectivity index (χ1n) is 9.52. The average molecular weight is 390 g/mol. The Balaban J connectivity index is 1.37. The van der Waals surface area contributed by atoms with Gasteiger partial charge in [0.25, 0.3) is 5.91 Å². The predicted octanol–water partition coefficient (Wildman–Crippen LogP) is 3.23. The average Bonchev–Trinajstić information content (AvgIpc) is 3.32. The molecule has 7 nitrogen and oxygen atoms in total. The van der Waals surface area contributed by atoms with Crippen molar-refractivity contribution in [3.63, 3.8) is 0 Å². The number of benzene rings is 2. The minimum absolute atomic E-state index is 0.132. The third-order valence-corrected chi connectivity index (χ3v) is 4.76. The highest BCUT2D eigenvalue weighted by atomic mass is 16.5. The molecule has 2 aromatic carbocycles. The van der Waals surface area contributed by atoms with Crippen LogP contribution in [0.1, 0.15) is 12.8 Å². The molecule has 2 amide bonds. The van der Waals surface area contributed by atoms with Crippen LogP contribution >= 0.6 is 0 Å². The zero-order valence-electron chi connectivity index (χ0n) is 16.2. The lowest BCUT2D eigenvalue weighted by Crippen LogP contribution is -2.23. The molecule has 1 aliphatic rings. The van der Waals surface area contributed by atoms with Crippen molar-refractivity contribution >= 4 is 23.3 Å². The van der Waals surface area contributed by atoms with Crippen LogP contribution in [-0.4, -0.2) is 34.7 Å². The highest BCUT2D eigenvalue weighted by molar-refractivity contribution is 5.96. The molecule has 1 fully saturated rings. The van der Waals surface area contributed by atoms with Crippen molar-refractivity contribution in [2.24, 2.45) is 7.05 Å². The van der Waals surface area contributed by atoms with Gasteiger partial charge in [-0.1, -0.05) is 30.3 Å². The molecule has 0 bridgehead atoms. The van der Waals surface area contributed by atoms with Gasteiger partial charge in [-0.3, -0.25) is 14.3 Å². The summed E-state index contributed by atoms with van der Waals surface area (Å²) in [6, 6.07) is 17.0. The van der Waals surface area contributed by atoms with Crippen LogP contribution in [0.15, 0.2) is 60.8 Å². The van der Waals surface area contributed by atoms with Crippen molar-refractivity contribution in [1.82, 2.24) is 9.78 Å². The monoisotopic (exact) mass is 390 g/mol. The number of hydrogen-bond donors (Lipinski definition) is 1. The first kappa shape index (κ1) is 18.7. The van der Waals surface area contributed by atoms with E-state index >= 15 is 0 Å². The fourth-order valence-electron chi connectivity index (χ4n) is 3.37. The van der Waals surface area contributed by atoms with E-state index in [4.69, 9.17) is 4.74 Å². The Bertz CT molecular complexity index is 1010. The summed E-state index contributed by atoms with van der Waals surface area (Å²) in [6.07, 6.45) is 3.34. The van der Waals surface area contributed by atoms with Gasteiger partial charge in [-0.15, -0.1) is 0 Å². The van der Waals surface area contributed by atoms with Gasteiger partial charge < -0.3 is 15.0 Å². The molecule has 29 heavy (non-hydrogen) atoms. The molecular formula is C22H22N4O3. The first-order valence-corrected chi connectivity index (χ1v) is 9.52. The van der Waals surface area contributed by atoms with E-state index in [1.54, 1.807) is 21.7 Å². The number of aryl methyl sites for hydroxylation is 1. The zero-order valence-corrected chi connectivity index (χ0v) is 16.2. The highest BCUT2D eigenvalue weighted by Gasteiger charge is 2.21. The molecule has 0 unspecified atom stereocenters. The zero-order chi connectivity index (χ0) is 20.2. The number of hydrogen-bond acceptors (Lipinski definition) is 4. The highest BCUT2D eigenvalue weighted by Crippen LogP contribution is 2.27. The lowest BCUT2D eigenvalue weighted by Gasteiger charge is -2.16. The van der Waals surface area contributed by atoms with E-state index in [0.717, 1.165) is 29.8 Å². The SMILES string of the molecule is Cn1cc(-c2ccccc2)c(NC(=O)COc2ccc(N3CCCC3=O)cc2)n1. The van der Waals surface area contributed by atoms with E-state index in [1.807, 2.05) is 55.7 Å². The number of nitrogens with one attached hydrogen (secondary N) is 1. The molecule has 0 radical (unpaired) electrons. The van der Waals surface area contributed by atoms with Crippen LogP contribution < -0.4 is 15.0 Å². The maximum absolute atomic E-state index is 12.4. The third-order valence-electron chi connectivity index (χ3n) is 4.76. The first-order chi connectivity index (χ1) is 14.1. The maximum Gasteiger partial charge on any atom is 0.263 e. The Labute approximate surface area is 168 Å². The van der Waals surface area contributed by atoms with E-state index < -0.39 is 0 Å². The second-order valence-corrected chi connectivity index (χ2v) is 6.91. The Kier molecular flexibility index (Phi) is 5.29. The summed E-state index contributed by atoms with van der Waals surface area (Å²) in [5.41, 5.74) is 2.68. The summed E-state index contributed by atoms with van der Waals surface area (Å²) in [5.74, 6) is 0.914. The van der Waals surface area contributed by atoms with Gasteiger partial charge in [0, 0.05) is 37.5 Å². The summed E-state index contributed by atoms with van der Waals surface area (Å²) in [7, 11) is 1.81. The summed E-state index contributed by atoms with van der Waals surface area (Å²) in [4.78, 5) is 25.9. The number of rotatable bonds is 6. The molecule has 1 saturated heterocycles. The van der Waals surface area contributed by atoms with Crippen molar-refractivity contribution in [3.8, 4) is 16.9 Å². The van der Waals surface area contributed by atoms with Gasteiger partial charge in [0.2, 0.25) is 5.91 Å². The molecule has 0 aliphatic carbocycles. The van der Waals surface area contributed by atoms with Crippen molar-refractivity contribution in [1.29, 1.82) is 0 Å². The van der Waals surface area contributed by atoms with Crippen LogP contribution in [0.25, 0.3) is 11.1 Å². The summed E-state index contributed by atoms with van der Waals surface area (Å²) in [6.45, 7) is 0.613. The quantitative estimate of drug-likeness (QED) is 0.701. The van der Waals surface area contributed by atoms with Gasteiger partial charge >= 0.3 is 0 Å². The molecule has 0 saturated carbocycles. The molecule has 2 heterocycles. The van der Waals surface area contributed by atoms with E-state index in [9.17, 15) is 9.59 Å². The lowest BCUT2D eigenvalue weighted by atomic mass is 10.1. The van der Waals surface area contributed by atoms with E-state index in [1.165, 1.54) is 0 Å². The van der Waals surface area contributed by atoms with Crippen LogP contribution in [0.3, 0.4) is 0 Å². The Morgan fingerprint density at radius 3 is 2.59 bits per heavy atom. The normalized spacial score (nSPS) is 13.6. The van der Waals surface area contributed by atoms with Crippen molar-refractivity contribution < 1.29 is 14.3 Å². The summed E-state index contributed by atoms with van der Waals surface area (Å²) < 4.78 is 7.25. The van der Waals surface area contributed by atoms with E-state index in [2.05, 4.69) is 10.4 Å². The van der Waals surface area contributed by atoms with Crippen molar-refractivity contribution in [2.75, 3.05) is 23.4 Å². The van der Waals surface area contributed by atoms with Crippen molar-refractivity contribution in [2.45, 2.75) is 12.8 Å². The summed E-state index contributed by atoms with van der Waals surface area (Å²) in [5, 5.41) is 7.15. The fraction of sp³-hybridized carbons (Fsp3) is 0.227.